The third-order valence-corrected chi connectivity index (χ3v) is 4.65. The first-order valence-electron chi connectivity index (χ1n) is 7.16. The highest BCUT2D eigenvalue weighted by Crippen LogP contribution is 2.32. The van der Waals surface area contributed by atoms with Crippen LogP contribution >= 0.6 is 15.9 Å². The van der Waals surface area contributed by atoms with Gasteiger partial charge in [-0.15, -0.1) is 0 Å². The lowest BCUT2D eigenvalue weighted by Crippen LogP contribution is -2.23. The van der Waals surface area contributed by atoms with Gasteiger partial charge in [-0.05, 0) is 40.2 Å². The number of amides is 4. The number of nitrogens with one attached hydrogen (secondary N) is 4. The van der Waals surface area contributed by atoms with Gasteiger partial charge in [-0.2, -0.15) is 0 Å². The van der Waals surface area contributed by atoms with Crippen molar-refractivity contribution in [3.8, 4) is 0 Å². The number of aromatic amines is 2. The summed E-state index contributed by atoms with van der Waals surface area (Å²) in [6.07, 6.45) is 1.65. The summed E-state index contributed by atoms with van der Waals surface area (Å²) in [6, 6.07) is 6.54. The molecule has 4 amide bonds. The smallest absolute Gasteiger partial charge is 0.266 e. The molecule has 9 heteroatoms. The summed E-state index contributed by atoms with van der Waals surface area (Å²) in [7, 11) is 0. The summed E-state index contributed by atoms with van der Waals surface area (Å²) in [5.74, 6) is -2.12. The first kappa shape index (κ1) is 15.3. The highest BCUT2D eigenvalue weighted by molar-refractivity contribution is 9.12. The van der Waals surface area contributed by atoms with Gasteiger partial charge in [-0.25, -0.2) is 0 Å². The Kier molecular flexibility index (Phi) is 3.32. The minimum atomic E-state index is -0.546. The third-order valence-electron chi connectivity index (χ3n) is 3.90. The van der Waals surface area contributed by atoms with Crippen LogP contribution in [0.1, 0.15) is 17.1 Å². The lowest BCUT2D eigenvalue weighted by atomic mass is 10.0. The molecule has 2 aromatic rings. The highest BCUT2D eigenvalue weighted by Gasteiger charge is 2.35. The van der Waals surface area contributed by atoms with E-state index in [9.17, 15) is 19.2 Å². The molecule has 0 radical (unpaired) electrons. The van der Waals surface area contributed by atoms with Crippen LogP contribution in [-0.2, 0) is 19.2 Å². The van der Waals surface area contributed by atoms with Gasteiger partial charge >= 0.3 is 0 Å². The van der Waals surface area contributed by atoms with Crippen LogP contribution in [0.5, 0.6) is 0 Å². The van der Waals surface area contributed by atoms with Gasteiger partial charge in [0.05, 0.1) is 38.3 Å². The average molecular weight is 401 g/mol. The maximum atomic E-state index is 12.2. The summed E-state index contributed by atoms with van der Waals surface area (Å²) in [5, 5.41) is 4.43. The van der Waals surface area contributed by atoms with Crippen molar-refractivity contribution in [1.29, 1.82) is 0 Å². The van der Waals surface area contributed by atoms with Gasteiger partial charge in [0.25, 0.3) is 23.6 Å². The van der Waals surface area contributed by atoms with E-state index in [4.69, 9.17) is 0 Å². The zero-order chi connectivity index (χ0) is 17.7. The van der Waals surface area contributed by atoms with Crippen molar-refractivity contribution in [1.82, 2.24) is 20.6 Å². The molecule has 0 saturated carbocycles. The number of hydrogen-bond acceptors (Lipinski definition) is 4. The average Bonchev–Trinajstić information content (AvgIpc) is 3.29. The number of imide groups is 2. The van der Waals surface area contributed by atoms with E-state index in [1.807, 2.05) is 0 Å². The molecule has 2 aromatic heterocycles. The highest BCUT2D eigenvalue weighted by atomic mass is 79.9. The second-order valence-corrected chi connectivity index (χ2v) is 6.17. The molecule has 4 heterocycles. The molecule has 0 fully saturated rings. The first-order valence-corrected chi connectivity index (χ1v) is 7.95. The molecule has 4 rings (SSSR count). The normalized spacial score (nSPS) is 17.6. The van der Waals surface area contributed by atoms with Crippen LogP contribution in [0.25, 0.3) is 16.7 Å². The quantitative estimate of drug-likeness (QED) is 0.565. The van der Waals surface area contributed by atoms with E-state index in [1.165, 1.54) is 0 Å². The van der Waals surface area contributed by atoms with Gasteiger partial charge in [-0.1, -0.05) is 0 Å². The van der Waals surface area contributed by atoms with Gasteiger partial charge in [0.2, 0.25) is 0 Å². The predicted octanol–water partition coefficient (Wildman–Crippen LogP) is 0.672. The van der Waals surface area contributed by atoms with Gasteiger partial charge in [-0.3, -0.25) is 29.8 Å². The van der Waals surface area contributed by atoms with Gasteiger partial charge < -0.3 is 9.97 Å². The maximum Gasteiger partial charge on any atom is 0.266 e. The molecule has 4 N–H and O–H groups in total. The standard InChI is InChI=1S/C16H9BrN4O4/c17-12-11(15(24)21-16(12)25)8-4-3-7(19-8)10-9(6-2-1-5-18-6)13(22)20-14(10)23/h1-5,18-19H,(H,20,22,23)(H,21,24,25). The van der Waals surface area contributed by atoms with Crippen molar-refractivity contribution >= 4 is 56.3 Å². The summed E-state index contributed by atoms with van der Waals surface area (Å²) < 4.78 is 0.108. The van der Waals surface area contributed by atoms with E-state index in [1.54, 1.807) is 30.5 Å². The van der Waals surface area contributed by atoms with E-state index in [2.05, 4.69) is 36.5 Å². The fourth-order valence-electron chi connectivity index (χ4n) is 2.82. The zero-order valence-corrected chi connectivity index (χ0v) is 14.0. The van der Waals surface area contributed by atoms with Crippen LogP contribution in [0, 0.1) is 0 Å². The lowest BCUT2D eigenvalue weighted by molar-refractivity contribution is -0.124. The minimum absolute atomic E-state index is 0.108. The van der Waals surface area contributed by atoms with E-state index in [0.29, 0.717) is 17.1 Å². The van der Waals surface area contributed by atoms with E-state index in [-0.39, 0.29) is 21.2 Å². The molecule has 8 nitrogen and oxygen atoms in total. The molecular formula is C16H9BrN4O4. The topological polar surface area (TPSA) is 124 Å². The Bertz CT molecular complexity index is 1030. The number of H-pyrrole nitrogens is 2. The number of hydrogen-bond donors (Lipinski definition) is 4. The van der Waals surface area contributed by atoms with Crippen molar-refractivity contribution in [3.05, 3.63) is 52.0 Å². The van der Waals surface area contributed by atoms with Crippen molar-refractivity contribution in [2.75, 3.05) is 0 Å². The first-order chi connectivity index (χ1) is 12.0. The maximum absolute atomic E-state index is 12.2. The van der Waals surface area contributed by atoms with E-state index >= 15 is 0 Å². The SMILES string of the molecule is O=C1NC(=O)C(c2ccc(C3=C(c4ccc[nH]4)C(=O)NC3=O)[nH]2)=C1Br. The van der Waals surface area contributed by atoms with Crippen LogP contribution < -0.4 is 10.6 Å². The van der Waals surface area contributed by atoms with Crippen LogP contribution in [0.3, 0.4) is 0 Å². The van der Waals surface area contributed by atoms with Crippen LogP contribution in [0.4, 0.5) is 0 Å². The molecule has 124 valence electrons. The molecule has 0 aliphatic carbocycles. The molecule has 0 unspecified atom stereocenters. The lowest BCUT2D eigenvalue weighted by Gasteiger charge is -2.01. The number of carbonyl (C=O) groups excluding carboxylic acids is 4. The number of halogens is 1. The van der Waals surface area contributed by atoms with Gasteiger partial charge in [0.1, 0.15) is 0 Å². The zero-order valence-electron chi connectivity index (χ0n) is 12.4. The van der Waals surface area contributed by atoms with Crippen molar-refractivity contribution in [2.24, 2.45) is 0 Å². The second kappa shape index (κ2) is 5.42. The van der Waals surface area contributed by atoms with E-state index in [0.717, 1.165) is 0 Å². The minimum Gasteiger partial charge on any atom is -0.361 e. The monoisotopic (exact) mass is 400 g/mol. The van der Waals surface area contributed by atoms with Gasteiger partial charge in [0.15, 0.2) is 0 Å². The van der Waals surface area contributed by atoms with Crippen molar-refractivity contribution in [3.63, 3.8) is 0 Å². The fraction of sp³-hybridized carbons (Fsp3) is 0. The molecule has 0 aromatic carbocycles. The summed E-state index contributed by atoms with van der Waals surface area (Å²) in [6.45, 7) is 0. The van der Waals surface area contributed by atoms with Crippen LogP contribution in [-0.4, -0.2) is 33.6 Å². The molecule has 2 aliphatic heterocycles. The summed E-state index contributed by atoms with van der Waals surface area (Å²) >= 11 is 3.08. The third kappa shape index (κ3) is 2.28. The van der Waals surface area contributed by atoms with Crippen molar-refractivity contribution < 1.29 is 19.2 Å². The second-order valence-electron chi connectivity index (χ2n) is 5.37. The van der Waals surface area contributed by atoms with Crippen molar-refractivity contribution in [2.45, 2.75) is 0 Å². The number of rotatable bonds is 3. The number of aromatic nitrogens is 2. The Morgan fingerprint density at radius 2 is 1.24 bits per heavy atom. The van der Waals surface area contributed by atoms with E-state index < -0.39 is 23.6 Å². The summed E-state index contributed by atoms with van der Waals surface area (Å²) in [4.78, 5) is 53.7. The Labute approximate surface area is 148 Å². The van der Waals surface area contributed by atoms with Crippen LogP contribution in [0.15, 0.2) is 34.9 Å². The van der Waals surface area contributed by atoms with Gasteiger partial charge in [0, 0.05) is 6.20 Å². The molecule has 0 spiro atoms. The Balaban J connectivity index is 1.85. The Hall–Kier alpha value is -3.20. The summed E-state index contributed by atoms with van der Waals surface area (Å²) in [5.41, 5.74) is 1.74. The molecule has 25 heavy (non-hydrogen) atoms. The number of carbonyl (C=O) groups is 4. The predicted molar refractivity (Wildman–Crippen MR) is 90.5 cm³/mol. The van der Waals surface area contributed by atoms with Crippen LogP contribution in [0.2, 0.25) is 0 Å². The Morgan fingerprint density at radius 3 is 1.80 bits per heavy atom. The molecule has 0 atom stereocenters. The largest absolute Gasteiger partial charge is 0.361 e. The molecule has 0 saturated heterocycles. The molecular weight excluding hydrogens is 392 g/mol. The fourth-order valence-corrected chi connectivity index (χ4v) is 3.31. The molecule has 0 bridgehead atoms. The Morgan fingerprint density at radius 1 is 0.680 bits per heavy atom. The molecule has 2 aliphatic rings.